The van der Waals surface area contributed by atoms with Crippen LogP contribution in [-0.2, 0) is 44.9 Å². The number of urea groups is 1. The number of para-hydroxylation sites is 1. The Morgan fingerprint density at radius 2 is 1.47 bits per heavy atom. The van der Waals surface area contributed by atoms with Crippen molar-refractivity contribution in [2.24, 2.45) is 5.92 Å². The standard InChI is InChI=1S/C57H84N8O9S/c1-7-9-12-26-51(66)58-31-30-45(61-54(69)46(39-41-20-13-10-14-21-41)62-55(70)63-35-37-74-38-36-63)53(68)60-33-32-59-52(67)27-15-11-18-34-65-48-29-28-42(75(71,72)73)40-44(48)57(5,6)50(65)25-19-24-49-56(3,4)43-22-16-17-23-47(43)64(49)8-2/h16-17,19,22-25,28-29,40-41,45-46H,7-15,18,20-21,26-27,30-39H2,1-6H3,(H5-,58,59,60,61,62,66,67,68,69,70,71,72,73)/p+1/t45-,46-/m0/s1. The highest BCUT2D eigenvalue weighted by Gasteiger charge is 2.45. The van der Waals surface area contributed by atoms with Crippen molar-refractivity contribution in [3.05, 3.63) is 77.5 Å². The van der Waals surface area contributed by atoms with Crippen LogP contribution in [-0.4, -0.2) is 129 Å². The maximum absolute atomic E-state index is 14.0. The molecule has 75 heavy (non-hydrogen) atoms. The fourth-order valence-corrected chi connectivity index (χ4v) is 11.6. The number of ether oxygens (including phenoxy) is 1. The van der Waals surface area contributed by atoms with E-state index in [1.807, 2.05) is 0 Å². The number of fused-ring (bicyclic) bond motifs is 2. The molecule has 412 valence electrons. The van der Waals surface area contributed by atoms with Gasteiger partial charge < -0.3 is 41.1 Å². The maximum Gasteiger partial charge on any atom is 0.318 e. The van der Waals surface area contributed by atoms with Gasteiger partial charge in [0.2, 0.25) is 29.3 Å². The highest BCUT2D eigenvalue weighted by Crippen LogP contribution is 2.47. The van der Waals surface area contributed by atoms with Crippen molar-refractivity contribution >= 4 is 56.9 Å². The number of carbonyl (C=O) groups excluding carboxylic acids is 5. The van der Waals surface area contributed by atoms with Crippen molar-refractivity contribution < 1.29 is 46.3 Å². The number of likely N-dealkylation sites (N-methyl/N-ethyl adjacent to an activating group) is 1. The van der Waals surface area contributed by atoms with Crippen LogP contribution in [0, 0.1) is 5.92 Å². The molecule has 1 saturated carbocycles. The minimum atomic E-state index is -4.43. The molecule has 6 rings (SSSR count). The van der Waals surface area contributed by atoms with Crippen LogP contribution in [0.15, 0.2) is 71.3 Å². The van der Waals surface area contributed by atoms with E-state index < -0.39 is 39.4 Å². The topological polar surface area (TPSA) is 219 Å². The van der Waals surface area contributed by atoms with E-state index in [1.165, 1.54) is 23.0 Å². The van der Waals surface area contributed by atoms with Crippen LogP contribution < -0.4 is 31.5 Å². The normalized spacial score (nSPS) is 18.6. The first-order valence-electron chi connectivity index (χ1n) is 27.6. The maximum atomic E-state index is 14.0. The lowest BCUT2D eigenvalue weighted by molar-refractivity contribution is -0.438. The zero-order chi connectivity index (χ0) is 54.2. The fraction of sp³-hybridized carbons (Fsp3) is 0.614. The lowest BCUT2D eigenvalue weighted by Gasteiger charge is -2.31. The van der Waals surface area contributed by atoms with Gasteiger partial charge in [-0.15, -0.1) is 0 Å². The summed E-state index contributed by atoms with van der Waals surface area (Å²) in [4.78, 5) is 70.6. The molecule has 6 amide bonds. The number of nitrogens with one attached hydrogen (secondary N) is 5. The Kier molecular flexibility index (Phi) is 21.5. The molecule has 0 aromatic heterocycles. The third-order valence-electron chi connectivity index (χ3n) is 15.4. The lowest BCUT2D eigenvalue weighted by Crippen LogP contribution is -2.57. The van der Waals surface area contributed by atoms with Crippen molar-refractivity contribution in [2.45, 2.75) is 166 Å². The molecule has 1 aliphatic carbocycles. The predicted octanol–water partition coefficient (Wildman–Crippen LogP) is 7.31. The van der Waals surface area contributed by atoms with Crippen LogP contribution in [0.25, 0.3) is 0 Å². The van der Waals surface area contributed by atoms with Crippen LogP contribution in [0.1, 0.15) is 149 Å². The lowest BCUT2D eigenvalue weighted by atomic mass is 9.81. The molecule has 2 atom stereocenters. The van der Waals surface area contributed by atoms with E-state index in [4.69, 9.17) is 4.74 Å². The summed E-state index contributed by atoms with van der Waals surface area (Å²) in [5.41, 5.74) is 5.51. The van der Waals surface area contributed by atoms with Gasteiger partial charge in [0.1, 0.15) is 18.6 Å². The second kappa shape index (κ2) is 27.5. The van der Waals surface area contributed by atoms with Crippen LogP contribution in [0.3, 0.4) is 0 Å². The van der Waals surface area contributed by atoms with Gasteiger partial charge >= 0.3 is 6.03 Å². The summed E-state index contributed by atoms with van der Waals surface area (Å²) >= 11 is 0. The minimum absolute atomic E-state index is 0.116. The fourth-order valence-electron chi connectivity index (χ4n) is 11.1. The molecule has 2 aromatic carbocycles. The number of hydrogen-bond acceptors (Lipinski definition) is 9. The third kappa shape index (κ3) is 15.7. The SMILES string of the molecule is CCCCCC(=O)NCC[C@H](NC(=O)[C@H](CC1CCCCC1)NC(=O)N1CCOCC1)C(=O)NCCNC(=O)CCCCC[N+]1=C(/C=C/C=C2\N(CC)c3ccccc3C2(C)C)C(C)(C)c2cc(S(=O)(=O)O)ccc21. The zero-order valence-electron chi connectivity index (χ0n) is 45.4. The van der Waals surface area contributed by atoms with Crippen LogP contribution in [0.2, 0.25) is 0 Å². The van der Waals surface area contributed by atoms with Gasteiger partial charge in [-0.1, -0.05) is 90.0 Å². The quantitative estimate of drug-likeness (QED) is 0.0314. The molecule has 18 heteroatoms. The second-order valence-corrected chi connectivity index (χ2v) is 23.0. The number of rotatable bonds is 26. The highest BCUT2D eigenvalue weighted by molar-refractivity contribution is 7.85. The van der Waals surface area contributed by atoms with Gasteiger partial charge in [0.05, 0.1) is 23.5 Å². The Morgan fingerprint density at radius 1 is 0.787 bits per heavy atom. The summed E-state index contributed by atoms with van der Waals surface area (Å²) in [6, 6.07) is 11.1. The van der Waals surface area contributed by atoms with Gasteiger partial charge in [0.15, 0.2) is 5.71 Å². The summed E-state index contributed by atoms with van der Waals surface area (Å²) in [6.07, 6.45) is 17.6. The molecule has 2 fully saturated rings. The van der Waals surface area contributed by atoms with Crippen molar-refractivity contribution in [2.75, 3.05) is 63.9 Å². The third-order valence-corrected chi connectivity index (χ3v) is 16.3. The number of morpholine rings is 1. The van der Waals surface area contributed by atoms with E-state index in [2.05, 4.69) is 120 Å². The Morgan fingerprint density at radius 3 is 2.16 bits per heavy atom. The number of hydrogen-bond donors (Lipinski definition) is 6. The first-order valence-corrected chi connectivity index (χ1v) is 29.1. The molecular formula is C57H85N8O9S+. The van der Waals surface area contributed by atoms with Crippen LogP contribution in [0.5, 0.6) is 0 Å². The molecule has 1 saturated heterocycles. The average molecular weight is 1060 g/mol. The number of amides is 6. The molecule has 3 heterocycles. The van der Waals surface area contributed by atoms with Crippen molar-refractivity contribution in [3.8, 4) is 0 Å². The van der Waals surface area contributed by atoms with E-state index in [1.54, 1.807) is 17.0 Å². The first kappa shape index (κ1) is 58.7. The molecule has 2 aromatic rings. The van der Waals surface area contributed by atoms with E-state index in [9.17, 15) is 36.9 Å². The van der Waals surface area contributed by atoms with Crippen molar-refractivity contribution in [1.82, 2.24) is 31.5 Å². The molecule has 17 nitrogen and oxygen atoms in total. The summed E-state index contributed by atoms with van der Waals surface area (Å²) in [5.74, 6) is -0.907. The Balaban J connectivity index is 1.04. The molecule has 0 bridgehead atoms. The first-order chi connectivity index (χ1) is 35.9. The number of benzene rings is 2. The van der Waals surface area contributed by atoms with Crippen LogP contribution in [0.4, 0.5) is 16.2 Å². The average Bonchev–Trinajstić information content (AvgIpc) is 3.74. The van der Waals surface area contributed by atoms with E-state index in [0.29, 0.717) is 52.1 Å². The minimum Gasteiger partial charge on any atom is -0.378 e. The molecule has 0 spiro atoms. The van der Waals surface area contributed by atoms with Gasteiger partial charge in [-0.2, -0.15) is 13.0 Å². The van der Waals surface area contributed by atoms with E-state index >= 15 is 0 Å². The summed E-state index contributed by atoms with van der Waals surface area (Å²) in [6.45, 7) is 16.4. The molecule has 3 aliphatic heterocycles. The smallest absolute Gasteiger partial charge is 0.318 e. The number of anilines is 1. The van der Waals surface area contributed by atoms with Crippen molar-refractivity contribution in [3.63, 3.8) is 0 Å². The second-order valence-electron chi connectivity index (χ2n) is 21.6. The number of allylic oxidation sites excluding steroid dienone is 4. The molecule has 0 radical (unpaired) electrons. The molecular weight excluding hydrogens is 973 g/mol. The largest absolute Gasteiger partial charge is 0.378 e. The van der Waals surface area contributed by atoms with Gasteiger partial charge in [0.25, 0.3) is 10.1 Å². The van der Waals surface area contributed by atoms with E-state index in [0.717, 1.165) is 87.7 Å². The van der Waals surface area contributed by atoms with Gasteiger partial charge in [0, 0.05) is 93.0 Å². The zero-order valence-corrected chi connectivity index (χ0v) is 46.3. The van der Waals surface area contributed by atoms with Crippen molar-refractivity contribution in [1.29, 1.82) is 0 Å². The Labute approximate surface area is 445 Å². The van der Waals surface area contributed by atoms with Gasteiger partial charge in [-0.05, 0) is 88.6 Å². The highest BCUT2D eigenvalue weighted by atomic mass is 32.2. The summed E-state index contributed by atoms with van der Waals surface area (Å²) < 4.78 is 42.1. The molecule has 4 aliphatic rings. The Bertz CT molecular complexity index is 2530. The van der Waals surface area contributed by atoms with Gasteiger partial charge in [-0.3, -0.25) is 23.7 Å². The van der Waals surface area contributed by atoms with Crippen LogP contribution >= 0.6 is 0 Å². The molecule has 6 N–H and O–H groups in total. The number of carbonyl (C=O) groups is 5. The molecule has 0 unspecified atom stereocenters. The predicted molar refractivity (Wildman–Crippen MR) is 293 cm³/mol. The monoisotopic (exact) mass is 1060 g/mol. The summed E-state index contributed by atoms with van der Waals surface area (Å²) in [7, 11) is -4.43. The van der Waals surface area contributed by atoms with Gasteiger partial charge in [-0.25, -0.2) is 4.79 Å². The summed E-state index contributed by atoms with van der Waals surface area (Å²) in [5, 5.41) is 14.5. The van der Waals surface area contributed by atoms with E-state index in [-0.39, 0.29) is 66.5 Å². The Hall–Kier alpha value is -5.59. The number of nitrogens with zero attached hydrogens (tertiary/aromatic N) is 3. The number of unbranched alkanes of at least 4 members (excludes halogenated alkanes) is 4.